The van der Waals surface area contributed by atoms with Crippen molar-refractivity contribution in [1.82, 2.24) is 20.6 Å². The molecule has 3 rings (SSSR count). The second-order valence-electron chi connectivity index (χ2n) is 8.94. The molecule has 3 N–H and O–H groups in total. The largest absolute Gasteiger partial charge is 0.381 e. The molecule has 0 unspecified atom stereocenters. The van der Waals surface area contributed by atoms with Gasteiger partial charge in [-0.25, -0.2) is 5.48 Å². The van der Waals surface area contributed by atoms with Gasteiger partial charge in [0.05, 0.1) is 6.10 Å². The normalized spacial score (nSPS) is 16.3. The zero-order valence-corrected chi connectivity index (χ0v) is 20.7. The van der Waals surface area contributed by atoms with E-state index in [9.17, 15) is 14.4 Å². The van der Waals surface area contributed by atoms with Crippen LogP contribution in [-0.4, -0.2) is 78.7 Å². The Morgan fingerprint density at radius 2 is 1.57 bits per heavy atom. The fraction of sp³-hybridized carbons (Fsp3) is 0.423. The molecule has 9 nitrogen and oxygen atoms in total. The molecule has 35 heavy (non-hydrogen) atoms. The van der Waals surface area contributed by atoms with Crippen molar-refractivity contribution in [1.29, 1.82) is 0 Å². The smallest absolute Gasteiger partial charge is 0.278 e. The Hall–Kier alpha value is -3.27. The molecule has 1 aliphatic heterocycles. The minimum atomic E-state index is -1.92. The number of likely N-dealkylation sites (tertiary alicyclic amines) is 1. The molecular formula is C26H34N4O5. The van der Waals surface area contributed by atoms with Crippen LogP contribution in [0.25, 0.3) is 11.1 Å². The van der Waals surface area contributed by atoms with Crippen molar-refractivity contribution in [3.05, 3.63) is 59.7 Å². The van der Waals surface area contributed by atoms with Gasteiger partial charge in [-0.2, -0.15) is 0 Å². The van der Waals surface area contributed by atoms with Crippen LogP contribution in [0.15, 0.2) is 48.5 Å². The highest BCUT2D eigenvalue weighted by molar-refractivity contribution is 6.12. The van der Waals surface area contributed by atoms with Crippen molar-refractivity contribution in [2.24, 2.45) is 0 Å². The molecule has 9 heteroatoms. The van der Waals surface area contributed by atoms with Gasteiger partial charge in [0.15, 0.2) is 5.54 Å². The maximum Gasteiger partial charge on any atom is 0.278 e. The monoisotopic (exact) mass is 482 g/mol. The molecule has 1 heterocycles. The third kappa shape index (κ3) is 5.70. The number of nitrogens with one attached hydrogen (secondary N) is 2. The van der Waals surface area contributed by atoms with Crippen molar-refractivity contribution in [2.45, 2.75) is 38.0 Å². The van der Waals surface area contributed by atoms with E-state index in [1.807, 2.05) is 12.1 Å². The van der Waals surface area contributed by atoms with E-state index in [0.29, 0.717) is 11.7 Å². The van der Waals surface area contributed by atoms with Gasteiger partial charge in [-0.05, 0) is 48.6 Å². The number of hydrogen-bond donors (Lipinski definition) is 3. The summed E-state index contributed by atoms with van der Waals surface area (Å²) in [4.78, 5) is 41.0. The molecule has 188 valence electrons. The first-order chi connectivity index (χ1) is 16.7. The summed E-state index contributed by atoms with van der Waals surface area (Å²) in [6, 6.07) is 15.3. The van der Waals surface area contributed by atoms with Gasteiger partial charge in [0.2, 0.25) is 0 Å². The quantitative estimate of drug-likeness (QED) is 0.302. The molecule has 0 aliphatic carbocycles. The van der Waals surface area contributed by atoms with Gasteiger partial charge in [0.1, 0.15) is 0 Å². The Balaban J connectivity index is 1.68. The molecule has 1 atom stereocenters. The molecule has 0 radical (unpaired) electrons. The highest BCUT2D eigenvalue weighted by Gasteiger charge is 2.47. The molecule has 0 spiro atoms. The molecule has 0 saturated carbocycles. The first kappa shape index (κ1) is 26.3. The molecule has 0 bridgehead atoms. The maximum absolute atomic E-state index is 13.0. The zero-order chi connectivity index (χ0) is 25.6. The summed E-state index contributed by atoms with van der Waals surface area (Å²) in [5.41, 5.74) is 3.07. The van der Waals surface area contributed by atoms with Gasteiger partial charge in [0.25, 0.3) is 17.7 Å². The zero-order valence-electron chi connectivity index (χ0n) is 20.7. The van der Waals surface area contributed by atoms with E-state index in [4.69, 9.17) is 9.94 Å². The van der Waals surface area contributed by atoms with Crippen LogP contribution in [0.2, 0.25) is 0 Å². The first-order valence-corrected chi connectivity index (χ1v) is 11.6. The number of nitrogens with zero attached hydrogens (tertiary/aromatic N) is 2. The number of ether oxygens (including phenoxy) is 1. The highest BCUT2D eigenvalue weighted by Crippen LogP contribution is 2.24. The minimum absolute atomic E-state index is 0.313. The van der Waals surface area contributed by atoms with Crippen molar-refractivity contribution in [3.8, 4) is 11.1 Å². The van der Waals surface area contributed by atoms with Gasteiger partial charge in [-0.1, -0.05) is 36.4 Å². The van der Waals surface area contributed by atoms with Gasteiger partial charge < -0.3 is 15.0 Å². The highest BCUT2D eigenvalue weighted by atomic mass is 16.5. The SMILES string of the molecule is CNC(=O)[C@@](C)(C(=O)NO)N(C)C(=O)c1ccc(-c2ccc(CN3CCC(OC)CC3)cc2)cc1. The molecule has 2 aromatic rings. The van der Waals surface area contributed by atoms with Gasteiger partial charge >= 0.3 is 0 Å². The van der Waals surface area contributed by atoms with Crippen LogP contribution in [0.5, 0.6) is 0 Å². The second kappa shape index (κ2) is 11.4. The lowest BCUT2D eigenvalue weighted by atomic mass is 9.96. The Kier molecular flexibility index (Phi) is 8.61. The van der Waals surface area contributed by atoms with Crippen LogP contribution in [0, 0.1) is 0 Å². The predicted molar refractivity (Wildman–Crippen MR) is 132 cm³/mol. The lowest BCUT2D eigenvalue weighted by Crippen LogP contribution is -2.64. The second-order valence-corrected chi connectivity index (χ2v) is 8.94. The van der Waals surface area contributed by atoms with E-state index in [0.717, 1.165) is 48.5 Å². The van der Waals surface area contributed by atoms with Crippen molar-refractivity contribution in [3.63, 3.8) is 0 Å². The van der Waals surface area contributed by atoms with E-state index < -0.39 is 23.3 Å². The average molecular weight is 483 g/mol. The van der Waals surface area contributed by atoms with Crippen LogP contribution in [-0.2, 0) is 20.9 Å². The number of rotatable bonds is 8. The predicted octanol–water partition coefficient (Wildman–Crippen LogP) is 2.05. The number of carbonyl (C=O) groups excluding carboxylic acids is 3. The van der Waals surface area contributed by atoms with Crippen molar-refractivity contribution in [2.75, 3.05) is 34.3 Å². The molecule has 0 aromatic heterocycles. The van der Waals surface area contributed by atoms with Crippen LogP contribution in [0.4, 0.5) is 0 Å². The molecule has 1 aliphatic rings. The topological polar surface area (TPSA) is 111 Å². The van der Waals surface area contributed by atoms with Gasteiger partial charge in [-0.3, -0.25) is 24.5 Å². The lowest BCUT2D eigenvalue weighted by Gasteiger charge is -2.34. The lowest BCUT2D eigenvalue weighted by molar-refractivity contribution is -0.148. The maximum atomic E-state index is 13.0. The van der Waals surface area contributed by atoms with Crippen LogP contribution >= 0.6 is 0 Å². The van der Waals surface area contributed by atoms with Gasteiger partial charge in [0, 0.05) is 46.4 Å². The Bertz CT molecular complexity index is 1010. The number of hydroxylamine groups is 1. The number of benzene rings is 2. The fourth-order valence-electron chi connectivity index (χ4n) is 4.33. The summed E-state index contributed by atoms with van der Waals surface area (Å²) in [7, 11) is 4.47. The summed E-state index contributed by atoms with van der Waals surface area (Å²) in [5.74, 6) is -2.26. The number of methoxy groups -OCH3 is 1. The average Bonchev–Trinajstić information content (AvgIpc) is 2.91. The summed E-state index contributed by atoms with van der Waals surface area (Å²) < 4.78 is 5.44. The minimum Gasteiger partial charge on any atom is -0.381 e. The Labute approximate surface area is 206 Å². The summed E-state index contributed by atoms with van der Waals surface area (Å²) in [6.45, 7) is 4.24. The van der Waals surface area contributed by atoms with Crippen molar-refractivity contribution >= 4 is 17.7 Å². The Morgan fingerprint density at radius 1 is 1.03 bits per heavy atom. The Morgan fingerprint density at radius 3 is 2.06 bits per heavy atom. The number of piperidine rings is 1. The molecule has 1 fully saturated rings. The van der Waals surface area contributed by atoms with Crippen LogP contribution in [0.3, 0.4) is 0 Å². The van der Waals surface area contributed by atoms with E-state index in [-0.39, 0.29) is 0 Å². The number of hydrogen-bond acceptors (Lipinski definition) is 6. The van der Waals surface area contributed by atoms with E-state index >= 15 is 0 Å². The molecular weight excluding hydrogens is 448 g/mol. The van der Waals surface area contributed by atoms with E-state index in [1.165, 1.54) is 32.1 Å². The summed E-state index contributed by atoms with van der Waals surface area (Å²) >= 11 is 0. The molecule has 2 aromatic carbocycles. The summed E-state index contributed by atoms with van der Waals surface area (Å²) in [5, 5.41) is 11.4. The standard InChI is InChI=1S/C26H34N4O5/c1-26(24(32)27-2,25(33)28-34)29(3)23(31)21-11-9-20(10-12-21)19-7-5-18(6-8-19)17-30-15-13-22(35-4)14-16-30/h5-12,22,34H,13-17H2,1-4H3,(H,27,32)(H,28,33)/t26-/m0/s1. The van der Waals surface area contributed by atoms with E-state index in [2.05, 4.69) is 34.5 Å². The summed E-state index contributed by atoms with van der Waals surface area (Å²) in [6.07, 6.45) is 2.48. The molecule has 1 saturated heterocycles. The third-order valence-electron chi connectivity index (χ3n) is 6.88. The van der Waals surface area contributed by atoms with Gasteiger partial charge in [-0.15, -0.1) is 0 Å². The first-order valence-electron chi connectivity index (χ1n) is 11.6. The molecule has 3 amide bonds. The number of amides is 3. The number of carbonyl (C=O) groups is 3. The fourth-order valence-corrected chi connectivity index (χ4v) is 4.33. The van der Waals surface area contributed by atoms with Crippen LogP contribution < -0.4 is 10.8 Å². The third-order valence-corrected chi connectivity index (χ3v) is 6.88. The van der Waals surface area contributed by atoms with Crippen LogP contribution in [0.1, 0.15) is 35.7 Å². The van der Waals surface area contributed by atoms with E-state index in [1.54, 1.807) is 19.2 Å². The number of likely N-dealkylation sites (N-methyl/N-ethyl adjacent to an activating group) is 2. The van der Waals surface area contributed by atoms with Crippen molar-refractivity contribution < 1.29 is 24.3 Å².